The first-order valence-electron chi connectivity index (χ1n) is 6.30. The maximum absolute atomic E-state index is 12.8. The number of methoxy groups -OCH3 is 1. The zero-order valence-corrected chi connectivity index (χ0v) is 11.6. The fourth-order valence-corrected chi connectivity index (χ4v) is 2.08. The van der Waals surface area contributed by atoms with E-state index in [1.165, 1.54) is 26.2 Å². The van der Waals surface area contributed by atoms with Crippen LogP contribution in [0.4, 0.5) is 13.2 Å². The van der Waals surface area contributed by atoms with Gasteiger partial charge >= 0.3 is 6.18 Å². The number of ether oxygens (including phenoxy) is 1. The molecule has 0 fully saturated rings. The highest BCUT2D eigenvalue weighted by molar-refractivity contribution is 5.40. The predicted molar refractivity (Wildman–Crippen MR) is 73.1 cm³/mol. The van der Waals surface area contributed by atoms with Crippen molar-refractivity contribution in [1.29, 1.82) is 0 Å². The molecule has 0 saturated carbocycles. The molecule has 0 spiro atoms. The lowest BCUT2D eigenvalue weighted by molar-refractivity contribution is -0.137. The Hall–Kier alpha value is -2.01. The zero-order valence-electron chi connectivity index (χ0n) is 11.6. The van der Waals surface area contributed by atoms with Gasteiger partial charge in [0.25, 0.3) is 0 Å². The van der Waals surface area contributed by atoms with E-state index in [-0.39, 0.29) is 5.56 Å². The van der Waals surface area contributed by atoms with E-state index in [2.05, 4.69) is 0 Å². The van der Waals surface area contributed by atoms with Crippen molar-refractivity contribution in [2.75, 3.05) is 7.11 Å². The van der Waals surface area contributed by atoms with E-state index in [0.29, 0.717) is 11.3 Å². The standard InChI is InChI=1S/C16H15F3O2/c1-15(20,11-6-8-14(21-2)9-7-11)12-4-3-5-13(10-12)16(17,18)19/h3-10,20H,1-2H3. The summed E-state index contributed by atoms with van der Waals surface area (Å²) >= 11 is 0. The van der Waals surface area contributed by atoms with Crippen molar-refractivity contribution in [3.63, 3.8) is 0 Å². The lowest BCUT2D eigenvalue weighted by Gasteiger charge is -2.25. The minimum Gasteiger partial charge on any atom is -0.497 e. The lowest BCUT2D eigenvalue weighted by Crippen LogP contribution is -2.23. The Morgan fingerprint density at radius 2 is 1.48 bits per heavy atom. The van der Waals surface area contributed by atoms with Crippen molar-refractivity contribution in [2.24, 2.45) is 0 Å². The molecule has 0 aliphatic carbocycles. The molecule has 1 atom stereocenters. The van der Waals surface area contributed by atoms with Gasteiger partial charge in [0.15, 0.2) is 0 Å². The van der Waals surface area contributed by atoms with Crippen LogP contribution in [0, 0.1) is 0 Å². The number of hydrogen-bond acceptors (Lipinski definition) is 2. The molecule has 0 aliphatic heterocycles. The maximum atomic E-state index is 12.8. The van der Waals surface area contributed by atoms with Crippen LogP contribution in [0.3, 0.4) is 0 Å². The fourth-order valence-electron chi connectivity index (χ4n) is 2.08. The number of rotatable bonds is 3. The Morgan fingerprint density at radius 3 is 2.00 bits per heavy atom. The average Bonchev–Trinajstić information content (AvgIpc) is 2.46. The Kier molecular flexibility index (Phi) is 3.96. The third kappa shape index (κ3) is 3.19. The fraction of sp³-hybridized carbons (Fsp3) is 0.250. The summed E-state index contributed by atoms with van der Waals surface area (Å²) in [4.78, 5) is 0. The minimum atomic E-state index is -4.44. The molecule has 0 radical (unpaired) electrons. The van der Waals surface area contributed by atoms with E-state index in [1.54, 1.807) is 24.3 Å². The Bertz CT molecular complexity index is 616. The molecular weight excluding hydrogens is 281 g/mol. The summed E-state index contributed by atoms with van der Waals surface area (Å²) in [5, 5.41) is 10.6. The average molecular weight is 296 g/mol. The van der Waals surface area contributed by atoms with E-state index < -0.39 is 17.3 Å². The second-order valence-corrected chi connectivity index (χ2v) is 4.88. The van der Waals surface area contributed by atoms with Gasteiger partial charge in [0.1, 0.15) is 11.4 Å². The van der Waals surface area contributed by atoms with Crippen LogP contribution in [0.2, 0.25) is 0 Å². The van der Waals surface area contributed by atoms with Crippen molar-refractivity contribution in [3.05, 3.63) is 65.2 Å². The largest absolute Gasteiger partial charge is 0.497 e. The molecule has 0 aromatic heterocycles. The second-order valence-electron chi connectivity index (χ2n) is 4.88. The second kappa shape index (κ2) is 5.41. The van der Waals surface area contributed by atoms with Crippen LogP contribution in [0.5, 0.6) is 5.75 Å². The molecule has 0 saturated heterocycles. The molecule has 21 heavy (non-hydrogen) atoms. The summed E-state index contributed by atoms with van der Waals surface area (Å²) in [7, 11) is 1.51. The Morgan fingerprint density at radius 1 is 0.905 bits per heavy atom. The summed E-state index contributed by atoms with van der Waals surface area (Å²) in [6.07, 6.45) is -4.44. The normalized spacial score (nSPS) is 14.6. The Labute approximate surface area is 120 Å². The summed E-state index contributed by atoms with van der Waals surface area (Å²) in [6, 6.07) is 11.3. The van der Waals surface area contributed by atoms with Crippen LogP contribution in [0.1, 0.15) is 23.6 Å². The van der Waals surface area contributed by atoms with Gasteiger partial charge in [-0.1, -0.05) is 24.3 Å². The van der Waals surface area contributed by atoms with Crippen molar-refractivity contribution >= 4 is 0 Å². The molecule has 0 aliphatic rings. The highest BCUT2D eigenvalue weighted by atomic mass is 19.4. The number of hydrogen-bond donors (Lipinski definition) is 1. The van der Waals surface area contributed by atoms with Crippen LogP contribution in [-0.2, 0) is 11.8 Å². The molecule has 2 rings (SSSR count). The van der Waals surface area contributed by atoms with Crippen LogP contribution in [-0.4, -0.2) is 12.2 Å². The van der Waals surface area contributed by atoms with Gasteiger partial charge in [-0.25, -0.2) is 0 Å². The van der Waals surface area contributed by atoms with Gasteiger partial charge < -0.3 is 9.84 Å². The summed E-state index contributed by atoms with van der Waals surface area (Å²) in [5.41, 5.74) is -1.63. The molecule has 1 unspecified atom stereocenters. The van der Waals surface area contributed by atoms with Gasteiger partial charge in [0, 0.05) is 0 Å². The number of aliphatic hydroxyl groups is 1. The molecule has 112 valence electrons. The molecule has 2 nitrogen and oxygen atoms in total. The molecule has 1 N–H and O–H groups in total. The zero-order chi connectivity index (χ0) is 15.7. The molecule has 2 aromatic carbocycles. The van der Waals surface area contributed by atoms with Crippen LogP contribution in [0.25, 0.3) is 0 Å². The van der Waals surface area contributed by atoms with Gasteiger partial charge in [-0.15, -0.1) is 0 Å². The predicted octanol–water partition coefficient (Wildman–Crippen LogP) is 3.97. The van der Waals surface area contributed by atoms with E-state index in [1.807, 2.05) is 0 Å². The van der Waals surface area contributed by atoms with Gasteiger partial charge in [0.2, 0.25) is 0 Å². The quantitative estimate of drug-likeness (QED) is 0.928. The van der Waals surface area contributed by atoms with Crippen molar-refractivity contribution in [1.82, 2.24) is 0 Å². The van der Waals surface area contributed by atoms with Crippen LogP contribution < -0.4 is 4.74 Å². The van der Waals surface area contributed by atoms with Crippen LogP contribution >= 0.6 is 0 Å². The molecule has 0 amide bonds. The van der Waals surface area contributed by atoms with E-state index in [4.69, 9.17) is 4.74 Å². The molecule has 0 heterocycles. The lowest BCUT2D eigenvalue weighted by atomic mass is 9.87. The first-order valence-corrected chi connectivity index (χ1v) is 6.30. The third-order valence-electron chi connectivity index (χ3n) is 3.40. The van der Waals surface area contributed by atoms with Crippen molar-refractivity contribution in [2.45, 2.75) is 18.7 Å². The highest BCUT2D eigenvalue weighted by Gasteiger charge is 2.33. The van der Waals surface area contributed by atoms with Gasteiger partial charge in [0.05, 0.1) is 12.7 Å². The minimum absolute atomic E-state index is 0.183. The Balaban J connectivity index is 2.42. The summed E-state index contributed by atoms with van der Waals surface area (Å²) in [5.74, 6) is 0.610. The maximum Gasteiger partial charge on any atom is 0.416 e. The van der Waals surface area contributed by atoms with Crippen molar-refractivity contribution < 1.29 is 23.0 Å². The highest BCUT2D eigenvalue weighted by Crippen LogP contribution is 2.35. The van der Waals surface area contributed by atoms with Gasteiger partial charge in [-0.2, -0.15) is 13.2 Å². The first kappa shape index (κ1) is 15.4. The van der Waals surface area contributed by atoms with E-state index in [9.17, 15) is 18.3 Å². The molecule has 2 aromatic rings. The molecular formula is C16H15F3O2. The number of alkyl halides is 3. The first-order chi connectivity index (χ1) is 9.75. The van der Waals surface area contributed by atoms with Gasteiger partial charge in [-0.05, 0) is 42.3 Å². The SMILES string of the molecule is COc1ccc(C(C)(O)c2cccc(C(F)(F)F)c2)cc1. The van der Waals surface area contributed by atoms with Crippen molar-refractivity contribution in [3.8, 4) is 5.75 Å². The topological polar surface area (TPSA) is 29.5 Å². The monoisotopic (exact) mass is 296 g/mol. The number of benzene rings is 2. The smallest absolute Gasteiger partial charge is 0.416 e. The number of halogens is 3. The third-order valence-corrected chi connectivity index (χ3v) is 3.40. The van der Waals surface area contributed by atoms with Gasteiger partial charge in [-0.3, -0.25) is 0 Å². The van der Waals surface area contributed by atoms with E-state index >= 15 is 0 Å². The van der Waals surface area contributed by atoms with E-state index in [0.717, 1.165) is 12.1 Å². The summed E-state index contributed by atoms with van der Waals surface area (Å²) in [6.45, 7) is 1.46. The van der Waals surface area contributed by atoms with Crippen LogP contribution in [0.15, 0.2) is 48.5 Å². The molecule has 0 bridgehead atoms. The summed E-state index contributed by atoms with van der Waals surface area (Å²) < 4.78 is 43.3. The molecule has 5 heteroatoms.